The van der Waals surface area contributed by atoms with Crippen molar-refractivity contribution < 1.29 is 5.11 Å². The van der Waals surface area contributed by atoms with E-state index in [4.69, 9.17) is 17.3 Å². The number of aliphatic hydroxyl groups is 1. The average molecular weight is 258 g/mol. The lowest BCUT2D eigenvalue weighted by atomic mass is 9.94. The van der Waals surface area contributed by atoms with Crippen LogP contribution in [0.4, 0.5) is 11.5 Å². The number of nitrogen functional groups attached to an aromatic ring is 1. The summed E-state index contributed by atoms with van der Waals surface area (Å²) in [5.41, 5.74) is 5.30. The van der Waals surface area contributed by atoms with Crippen LogP contribution in [-0.4, -0.2) is 22.2 Å². The molecule has 0 amide bonds. The Balaban J connectivity index is 2.61. The number of halogens is 1. The Morgan fingerprint density at radius 2 is 2.24 bits per heavy atom. The van der Waals surface area contributed by atoms with E-state index in [1.165, 1.54) is 6.20 Å². The fourth-order valence-corrected chi connectivity index (χ4v) is 2.05. The lowest BCUT2D eigenvalue weighted by Crippen LogP contribution is -2.35. The Morgan fingerprint density at radius 1 is 1.59 bits per heavy atom. The van der Waals surface area contributed by atoms with Gasteiger partial charge in [0.15, 0.2) is 0 Å². The topological polar surface area (TPSA) is 71.2 Å². The van der Waals surface area contributed by atoms with E-state index in [1.54, 1.807) is 13.0 Å². The molecular formula is C12H20ClN3O. The minimum absolute atomic E-state index is 0.405. The largest absolute Gasteiger partial charge is 0.397 e. The summed E-state index contributed by atoms with van der Waals surface area (Å²) in [5, 5.41) is 13.6. The Hall–Kier alpha value is -1.00. The summed E-state index contributed by atoms with van der Waals surface area (Å²) < 4.78 is 0. The van der Waals surface area contributed by atoms with Crippen molar-refractivity contribution in [3.05, 3.63) is 17.3 Å². The number of anilines is 2. The molecule has 0 radical (unpaired) electrons. The number of pyridine rings is 1. The van der Waals surface area contributed by atoms with Crippen molar-refractivity contribution in [2.45, 2.75) is 32.8 Å². The molecular weight excluding hydrogens is 238 g/mol. The molecule has 5 heteroatoms. The molecule has 1 aromatic rings. The third kappa shape index (κ3) is 4.79. The van der Waals surface area contributed by atoms with Crippen LogP contribution in [0.15, 0.2) is 12.3 Å². The monoisotopic (exact) mass is 257 g/mol. The third-order valence-electron chi connectivity index (χ3n) is 2.35. The van der Waals surface area contributed by atoms with Crippen molar-refractivity contribution in [1.29, 1.82) is 0 Å². The van der Waals surface area contributed by atoms with E-state index in [2.05, 4.69) is 24.1 Å². The van der Waals surface area contributed by atoms with E-state index >= 15 is 0 Å². The first-order valence-electron chi connectivity index (χ1n) is 5.67. The smallest absolute Gasteiger partial charge is 0.145 e. The molecule has 0 aromatic carbocycles. The van der Waals surface area contributed by atoms with Gasteiger partial charge >= 0.3 is 0 Å². The fraction of sp³-hybridized carbons (Fsp3) is 0.583. The molecule has 0 saturated carbocycles. The first-order chi connectivity index (χ1) is 7.80. The van der Waals surface area contributed by atoms with Gasteiger partial charge in [0.1, 0.15) is 5.82 Å². The fourth-order valence-electron chi connectivity index (χ4n) is 1.81. The average Bonchev–Trinajstić information content (AvgIpc) is 2.14. The van der Waals surface area contributed by atoms with Crippen LogP contribution in [0.25, 0.3) is 0 Å². The summed E-state index contributed by atoms with van der Waals surface area (Å²) in [4.78, 5) is 4.08. The van der Waals surface area contributed by atoms with Crippen LogP contribution < -0.4 is 11.1 Å². The summed E-state index contributed by atoms with van der Waals surface area (Å²) in [5.74, 6) is 0.978. The predicted molar refractivity (Wildman–Crippen MR) is 72.2 cm³/mol. The van der Waals surface area contributed by atoms with Gasteiger partial charge in [-0.1, -0.05) is 25.4 Å². The van der Waals surface area contributed by atoms with Gasteiger partial charge in [-0.25, -0.2) is 4.98 Å². The second kappa shape index (κ2) is 5.56. The number of hydrogen-bond donors (Lipinski definition) is 3. The summed E-state index contributed by atoms with van der Waals surface area (Å²) in [6.45, 7) is 6.35. The maximum Gasteiger partial charge on any atom is 0.145 e. The molecule has 1 aromatic heterocycles. The van der Waals surface area contributed by atoms with Crippen molar-refractivity contribution in [1.82, 2.24) is 4.98 Å². The molecule has 1 unspecified atom stereocenters. The number of nitrogens with one attached hydrogen (secondary N) is 1. The summed E-state index contributed by atoms with van der Waals surface area (Å²) in [7, 11) is 0. The van der Waals surface area contributed by atoms with Crippen molar-refractivity contribution in [2.75, 3.05) is 17.6 Å². The molecule has 0 bridgehead atoms. The molecule has 96 valence electrons. The van der Waals surface area contributed by atoms with Gasteiger partial charge in [-0.2, -0.15) is 0 Å². The molecule has 0 aliphatic rings. The van der Waals surface area contributed by atoms with Crippen LogP contribution in [0.5, 0.6) is 0 Å². The SMILES string of the molecule is CC(C)CC(C)(O)CNc1ncc(N)cc1Cl. The molecule has 1 atom stereocenters. The molecule has 1 heterocycles. The van der Waals surface area contributed by atoms with E-state index < -0.39 is 5.60 Å². The van der Waals surface area contributed by atoms with Crippen molar-refractivity contribution in [2.24, 2.45) is 5.92 Å². The van der Waals surface area contributed by atoms with Gasteiger partial charge in [0.25, 0.3) is 0 Å². The molecule has 0 saturated heterocycles. The highest BCUT2D eigenvalue weighted by Crippen LogP contribution is 2.23. The number of rotatable bonds is 5. The Morgan fingerprint density at radius 3 is 2.76 bits per heavy atom. The van der Waals surface area contributed by atoms with Crippen LogP contribution in [-0.2, 0) is 0 Å². The van der Waals surface area contributed by atoms with E-state index in [0.717, 1.165) is 0 Å². The quantitative estimate of drug-likeness (QED) is 0.758. The van der Waals surface area contributed by atoms with Gasteiger partial charge in [-0.05, 0) is 25.3 Å². The molecule has 0 spiro atoms. The molecule has 4 nitrogen and oxygen atoms in total. The Labute approximate surface area is 107 Å². The predicted octanol–water partition coefficient (Wildman–Crippen LogP) is 2.53. The summed E-state index contributed by atoms with van der Waals surface area (Å²) in [6, 6.07) is 1.63. The van der Waals surface area contributed by atoms with Gasteiger partial charge < -0.3 is 16.2 Å². The Bertz CT molecular complexity index is 380. The van der Waals surface area contributed by atoms with Gasteiger partial charge in [0.05, 0.1) is 22.5 Å². The van der Waals surface area contributed by atoms with Crippen molar-refractivity contribution in [3.8, 4) is 0 Å². The maximum atomic E-state index is 10.1. The van der Waals surface area contributed by atoms with E-state index in [9.17, 15) is 5.11 Å². The van der Waals surface area contributed by atoms with Crippen molar-refractivity contribution in [3.63, 3.8) is 0 Å². The zero-order valence-electron chi connectivity index (χ0n) is 10.5. The van der Waals surface area contributed by atoms with E-state index in [1.807, 2.05) is 0 Å². The highest BCUT2D eigenvalue weighted by molar-refractivity contribution is 6.33. The molecule has 1 rings (SSSR count). The maximum absolute atomic E-state index is 10.1. The Kier molecular flexibility index (Phi) is 4.60. The van der Waals surface area contributed by atoms with Gasteiger partial charge in [0, 0.05) is 6.54 Å². The number of nitrogens with two attached hydrogens (primary N) is 1. The first-order valence-corrected chi connectivity index (χ1v) is 6.05. The highest BCUT2D eigenvalue weighted by atomic mass is 35.5. The number of aromatic nitrogens is 1. The second-order valence-electron chi connectivity index (χ2n) is 5.05. The minimum Gasteiger partial charge on any atom is -0.397 e. The molecule has 0 fully saturated rings. The van der Waals surface area contributed by atoms with Crippen molar-refractivity contribution >= 4 is 23.1 Å². The van der Waals surface area contributed by atoms with Crippen LogP contribution in [0.1, 0.15) is 27.2 Å². The van der Waals surface area contributed by atoms with Crippen LogP contribution in [0.3, 0.4) is 0 Å². The normalized spacial score (nSPS) is 14.7. The highest BCUT2D eigenvalue weighted by Gasteiger charge is 2.22. The van der Waals surface area contributed by atoms with Gasteiger partial charge in [0.2, 0.25) is 0 Å². The zero-order valence-corrected chi connectivity index (χ0v) is 11.3. The van der Waals surface area contributed by atoms with Crippen LogP contribution >= 0.6 is 11.6 Å². The molecule has 17 heavy (non-hydrogen) atoms. The molecule has 4 N–H and O–H groups in total. The summed E-state index contributed by atoms with van der Waals surface area (Å²) >= 11 is 5.98. The van der Waals surface area contributed by atoms with Crippen LogP contribution in [0, 0.1) is 5.92 Å². The van der Waals surface area contributed by atoms with Gasteiger partial charge in [-0.3, -0.25) is 0 Å². The second-order valence-corrected chi connectivity index (χ2v) is 5.45. The zero-order chi connectivity index (χ0) is 13.1. The lowest BCUT2D eigenvalue weighted by molar-refractivity contribution is 0.0515. The minimum atomic E-state index is -0.777. The molecule has 0 aliphatic carbocycles. The van der Waals surface area contributed by atoms with E-state index in [-0.39, 0.29) is 0 Å². The lowest BCUT2D eigenvalue weighted by Gasteiger charge is -2.26. The number of nitrogens with zero attached hydrogens (tertiary/aromatic N) is 1. The standard InChI is InChI=1S/C12H20ClN3O/c1-8(2)5-12(3,17)7-16-11-10(13)4-9(14)6-15-11/h4,6,8,17H,5,7,14H2,1-3H3,(H,15,16). The third-order valence-corrected chi connectivity index (χ3v) is 2.64. The van der Waals surface area contributed by atoms with Crippen LogP contribution in [0.2, 0.25) is 5.02 Å². The first kappa shape index (κ1) is 14.1. The summed E-state index contributed by atoms with van der Waals surface area (Å²) in [6.07, 6.45) is 2.25. The van der Waals surface area contributed by atoms with Gasteiger partial charge in [-0.15, -0.1) is 0 Å². The number of hydrogen-bond acceptors (Lipinski definition) is 4. The van der Waals surface area contributed by atoms with E-state index in [0.29, 0.717) is 35.4 Å². The molecule has 0 aliphatic heterocycles.